The third-order valence-corrected chi connectivity index (χ3v) is 2.84. The Hall–Kier alpha value is -1.20. The molecule has 5 heteroatoms. The second kappa shape index (κ2) is 8.87. The van der Waals surface area contributed by atoms with E-state index in [0.717, 1.165) is 31.0 Å². The number of hydrogen-bond donors (Lipinski definition) is 2. The molecule has 0 fully saturated rings. The van der Waals surface area contributed by atoms with Crippen LogP contribution in [0.5, 0.6) is 0 Å². The van der Waals surface area contributed by atoms with Gasteiger partial charge in [-0.2, -0.15) is 0 Å². The molecule has 0 heterocycles. The summed E-state index contributed by atoms with van der Waals surface area (Å²) in [5.74, 6) is -0.425. The highest BCUT2D eigenvalue weighted by Gasteiger charge is 2.07. The van der Waals surface area contributed by atoms with Crippen molar-refractivity contribution in [1.29, 1.82) is 0 Å². The van der Waals surface area contributed by atoms with Crippen LogP contribution in [-0.4, -0.2) is 31.0 Å². The fourth-order valence-corrected chi connectivity index (χ4v) is 1.73. The van der Waals surface area contributed by atoms with Gasteiger partial charge in [0, 0.05) is 13.2 Å². The van der Waals surface area contributed by atoms with E-state index in [-0.39, 0.29) is 18.8 Å². The van der Waals surface area contributed by atoms with Gasteiger partial charge in [-0.25, -0.2) is 8.78 Å². The van der Waals surface area contributed by atoms with Gasteiger partial charge in [-0.15, -0.1) is 0 Å². The smallest absolute Gasteiger partial charge is 0.146 e. The normalized spacial score (nSPS) is 12.7. The first kappa shape index (κ1) is 16.9. The zero-order chi connectivity index (χ0) is 15.0. The lowest BCUT2D eigenvalue weighted by Crippen LogP contribution is -2.25. The summed E-state index contributed by atoms with van der Waals surface area (Å²) in [6.07, 6.45) is 1.29. The lowest BCUT2D eigenvalue weighted by atomic mass is 10.1. The lowest BCUT2D eigenvalue weighted by molar-refractivity contribution is 0.0409. The van der Waals surface area contributed by atoms with Crippen LogP contribution in [-0.2, 0) is 4.74 Å². The number of nitrogens with one attached hydrogen (secondary N) is 1. The molecule has 0 amide bonds. The fourth-order valence-electron chi connectivity index (χ4n) is 1.73. The molecule has 3 nitrogen and oxygen atoms in total. The molecular weight excluding hydrogens is 264 g/mol. The van der Waals surface area contributed by atoms with Crippen LogP contribution in [0.4, 0.5) is 14.5 Å². The van der Waals surface area contributed by atoms with E-state index in [1.807, 2.05) is 0 Å². The van der Waals surface area contributed by atoms with E-state index in [0.29, 0.717) is 12.5 Å². The minimum absolute atomic E-state index is 0.0452. The minimum atomic E-state index is -0.753. The molecule has 0 saturated heterocycles. The van der Waals surface area contributed by atoms with Crippen molar-refractivity contribution < 1.29 is 18.6 Å². The van der Waals surface area contributed by atoms with E-state index in [2.05, 4.69) is 19.2 Å². The number of benzene rings is 1. The van der Waals surface area contributed by atoms with Crippen LogP contribution in [0.25, 0.3) is 0 Å². The van der Waals surface area contributed by atoms with Crippen molar-refractivity contribution in [2.75, 3.05) is 25.1 Å². The molecule has 20 heavy (non-hydrogen) atoms. The molecule has 1 rings (SSSR count). The van der Waals surface area contributed by atoms with E-state index >= 15 is 0 Å². The van der Waals surface area contributed by atoms with Gasteiger partial charge in [0.05, 0.1) is 18.4 Å². The minimum Gasteiger partial charge on any atom is -0.389 e. The Morgan fingerprint density at radius 1 is 1.30 bits per heavy atom. The number of ether oxygens (including phenoxy) is 1. The highest BCUT2D eigenvalue weighted by Crippen LogP contribution is 2.15. The van der Waals surface area contributed by atoms with Crippen LogP contribution in [0, 0.1) is 17.6 Å². The summed E-state index contributed by atoms with van der Waals surface area (Å²) < 4.78 is 31.6. The third kappa shape index (κ3) is 6.82. The topological polar surface area (TPSA) is 41.5 Å². The molecule has 1 aromatic rings. The summed E-state index contributed by atoms with van der Waals surface area (Å²) >= 11 is 0. The Kier molecular flexibility index (Phi) is 7.47. The Morgan fingerprint density at radius 2 is 2.05 bits per heavy atom. The number of halogens is 2. The molecule has 0 aliphatic carbocycles. The van der Waals surface area contributed by atoms with Gasteiger partial charge in [-0.1, -0.05) is 13.8 Å². The van der Waals surface area contributed by atoms with Gasteiger partial charge in [0.2, 0.25) is 0 Å². The van der Waals surface area contributed by atoms with Gasteiger partial charge in [0.15, 0.2) is 0 Å². The van der Waals surface area contributed by atoms with Crippen molar-refractivity contribution in [2.24, 2.45) is 5.92 Å². The summed E-state index contributed by atoms with van der Waals surface area (Å²) in [6.45, 7) is 5.19. The number of rotatable bonds is 9. The predicted molar refractivity (Wildman–Crippen MR) is 75.7 cm³/mol. The molecule has 2 N–H and O–H groups in total. The largest absolute Gasteiger partial charge is 0.389 e. The van der Waals surface area contributed by atoms with Crippen molar-refractivity contribution in [3.8, 4) is 0 Å². The van der Waals surface area contributed by atoms with Gasteiger partial charge in [-0.05, 0) is 37.0 Å². The maximum atomic E-state index is 13.3. The van der Waals surface area contributed by atoms with Crippen molar-refractivity contribution >= 4 is 5.69 Å². The molecule has 0 aromatic heterocycles. The van der Waals surface area contributed by atoms with E-state index in [9.17, 15) is 13.9 Å². The molecule has 1 aromatic carbocycles. The van der Waals surface area contributed by atoms with Crippen molar-refractivity contribution in [1.82, 2.24) is 0 Å². The molecule has 114 valence electrons. The second-order valence-corrected chi connectivity index (χ2v) is 5.27. The first-order chi connectivity index (χ1) is 9.49. The monoisotopic (exact) mass is 287 g/mol. The van der Waals surface area contributed by atoms with E-state index in [1.54, 1.807) is 0 Å². The SMILES string of the molecule is CC(C)CCCOCC(O)CNc1cc(F)ccc1F. The molecule has 0 saturated carbocycles. The van der Waals surface area contributed by atoms with Crippen molar-refractivity contribution in [3.05, 3.63) is 29.8 Å². The van der Waals surface area contributed by atoms with Gasteiger partial charge in [-0.3, -0.25) is 0 Å². The summed E-state index contributed by atoms with van der Waals surface area (Å²) in [4.78, 5) is 0. The number of aliphatic hydroxyl groups excluding tert-OH is 1. The second-order valence-electron chi connectivity index (χ2n) is 5.27. The summed E-state index contributed by atoms with van der Waals surface area (Å²) in [6, 6.07) is 3.16. The maximum absolute atomic E-state index is 13.3. The van der Waals surface area contributed by atoms with Gasteiger partial charge < -0.3 is 15.2 Å². The van der Waals surface area contributed by atoms with Gasteiger partial charge >= 0.3 is 0 Å². The van der Waals surface area contributed by atoms with Crippen LogP contribution in [0.3, 0.4) is 0 Å². The van der Waals surface area contributed by atoms with Gasteiger partial charge in [0.1, 0.15) is 11.6 Å². The third-order valence-electron chi connectivity index (χ3n) is 2.84. The number of anilines is 1. The van der Waals surface area contributed by atoms with E-state index in [1.165, 1.54) is 0 Å². The summed E-state index contributed by atoms with van der Waals surface area (Å²) in [5, 5.41) is 12.3. The zero-order valence-electron chi connectivity index (χ0n) is 12.0. The average Bonchev–Trinajstić information content (AvgIpc) is 2.39. The Labute approximate surface area is 119 Å². The summed E-state index contributed by atoms with van der Waals surface area (Å²) in [5.41, 5.74) is 0.0452. The van der Waals surface area contributed by atoms with E-state index in [4.69, 9.17) is 4.74 Å². The highest BCUT2D eigenvalue weighted by molar-refractivity contribution is 5.44. The molecule has 0 radical (unpaired) electrons. The fraction of sp³-hybridized carbons (Fsp3) is 0.600. The summed E-state index contributed by atoms with van der Waals surface area (Å²) in [7, 11) is 0. The zero-order valence-corrected chi connectivity index (χ0v) is 12.0. The molecule has 0 bridgehead atoms. The number of aliphatic hydroxyl groups is 1. The van der Waals surface area contributed by atoms with Crippen molar-refractivity contribution in [2.45, 2.75) is 32.8 Å². The Bertz CT molecular complexity index is 399. The van der Waals surface area contributed by atoms with Crippen molar-refractivity contribution in [3.63, 3.8) is 0 Å². The number of hydrogen-bond acceptors (Lipinski definition) is 3. The first-order valence-electron chi connectivity index (χ1n) is 6.93. The average molecular weight is 287 g/mol. The molecular formula is C15H23F2NO2. The lowest BCUT2D eigenvalue weighted by Gasteiger charge is -2.14. The maximum Gasteiger partial charge on any atom is 0.146 e. The standard InChI is InChI=1S/C15H23F2NO2/c1-11(2)4-3-7-20-10-13(19)9-18-15-8-12(16)5-6-14(15)17/h5-6,8,11,13,18-19H,3-4,7,9-10H2,1-2H3. The molecule has 0 aliphatic rings. The molecule has 1 atom stereocenters. The van der Waals surface area contributed by atoms with Crippen LogP contribution in [0.1, 0.15) is 26.7 Å². The molecule has 1 unspecified atom stereocenters. The van der Waals surface area contributed by atoms with Crippen LogP contribution < -0.4 is 5.32 Å². The Morgan fingerprint density at radius 3 is 2.75 bits per heavy atom. The first-order valence-corrected chi connectivity index (χ1v) is 6.93. The molecule has 0 spiro atoms. The molecule has 0 aliphatic heterocycles. The van der Waals surface area contributed by atoms with Crippen LogP contribution in [0.15, 0.2) is 18.2 Å². The quantitative estimate of drug-likeness (QED) is 0.685. The van der Waals surface area contributed by atoms with E-state index < -0.39 is 17.7 Å². The Balaban J connectivity index is 2.19. The predicted octanol–water partition coefficient (Wildman–Crippen LogP) is 3.19. The van der Waals surface area contributed by atoms with Gasteiger partial charge in [0.25, 0.3) is 0 Å². The highest BCUT2D eigenvalue weighted by atomic mass is 19.1. The van der Waals surface area contributed by atoms with Crippen LogP contribution >= 0.6 is 0 Å². The van der Waals surface area contributed by atoms with Crippen LogP contribution in [0.2, 0.25) is 0 Å².